The average molecular weight is 292 g/mol. The van der Waals surface area contributed by atoms with Crippen molar-refractivity contribution >= 4 is 5.91 Å². The van der Waals surface area contributed by atoms with E-state index in [1.54, 1.807) is 12.0 Å². The number of rotatable bonds is 6. The first-order chi connectivity index (χ1) is 10.2. The van der Waals surface area contributed by atoms with Gasteiger partial charge in [-0.2, -0.15) is 0 Å². The Morgan fingerprint density at radius 3 is 2.81 bits per heavy atom. The summed E-state index contributed by atoms with van der Waals surface area (Å²) < 4.78 is 10.6. The molecule has 1 aliphatic heterocycles. The Bertz CT molecular complexity index is 441. The lowest BCUT2D eigenvalue weighted by atomic mass is 10.1. The molecular weight excluding hydrogens is 268 g/mol. The van der Waals surface area contributed by atoms with Crippen LogP contribution in [-0.2, 0) is 16.0 Å². The number of carbonyl (C=O) groups excluding carboxylic acids is 1. The smallest absolute Gasteiger partial charge is 0.252 e. The zero-order chi connectivity index (χ0) is 15.1. The number of benzene rings is 1. The van der Waals surface area contributed by atoms with Gasteiger partial charge in [-0.3, -0.25) is 4.79 Å². The molecule has 0 spiro atoms. The molecule has 21 heavy (non-hydrogen) atoms. The molecule has 0 aliphatic carbocycles. The van der Waals surface area contributed by atoms with E-state index in [-0.39, 0.29) is 12.0 Å². The molecule has 116 valence electrons. The van der Waals surface area contributed by atoms with Crippen molar-refractivity contribution in [3.63, 3.8) is 0 Å². The number of nitrogens with zero attached hydrogens (tertiary/aromatic N) is 1. The molecule has 1 saturated heterocycles. The van der Waals surface area contributed by atoms with Crippen LogP contribution in [0.15, 0.2) is 24.3 Å². The van der Waals surface area contributed by atoms with Crippen molar-refractivity contribution in [3.05, 3.63) is 29.8 Å². The van der Waals surface area contributed by atoms with Crippen LogP contribution in [-0.4, -0.2) is 57.3 Å². The Labute approximate surface area is 126 Å². The van der Waals surface area contributed by atoms with Crippen LogP contribution in [0.5, 0.6) is 5.75 Å². The van der Waals surface area contributed by atoms with Crippen molar-refractivity contribution < 1.29 is 14.3 Å². The fraction of sp³-hybridized carbons (Fsp3) is 0.562. The van der Waals surface area contributed by atoms with Gasteiger partial charge in [0.25, 0.3) is 5.91 Å². The van der Waals surface area contributed by atoms with E-state index in [0.29, 0.717) is 13.2 Å². The maximum Gasteiger partial charge on any atom is 0.252 e. The molecule has 1 amide bonds. The molecule has 5 nitrogen and oxygen atoms in total. The quantitative estimate of drug-likeness (QED) is 0.852. The number of methoxy groups -OCH3 is 1. The largest absolute Gasteiger partial charge is 0.497 e. The third-order valence-electron chi connectivity index (χ3n) is 3.70. The van der Waals surface area contributed by atoms with Crippen LogP contribution in [0.4, 0.5) is 0 Å². The molecule has 1 aliphatic rings. The number of hydrogen-bond acceptors (Lipinski definition) is 4. The topological polar surface area (TPSA) is 50.8 Å². The normalized spacial score (nSPS) is 18.3. The van der Waals surface area contributed by atoms with Gasteiger partial charge in [-0.25, -0.2) is 0 Å². The summed E-state index contributed by atoms with van der Waals surface area (Å²) in [4.78, 5) is 13.9. The van der Waals surface area contributed by atoms with Gasteiger partial charge in [-0.05, 0) is 30.5 Å². The minimum Gasteiger partial charge on any atom is -0.497 e. The Hall–Kier alpha value is -1.59. The number of likely N-dealkylation sites (N-methyl/N-ethyl adjacent to an activating group) is 1. The molecule has 1 unspecified atom stereocenters. The van der Waals surface area contributed by atoms with E-state index in [9.17, 15) is 4.79 Å². The van der Waals surface area contributed by atoms with Crippen LogP contribution >= 0.6 is 0 Å². The van der Waals surface area contributed by atoms with E-state index < -0.39 is 0 Å². The maximum atomic E-state index is 12.2. The summed E-state index contributed by atoms with van der Waals surface area (Å²) in [5.41, 5.74) is 1.26. The van der Waals surface area contributed by atoms with E-state index in [1.165, 1.54) is 5.56 Å². The number of ether oxygens (including phenoxy) is 2. The van der Waals surface area contributed by atoms with Crippen LogP contribution < -0.4 is 10.1 Å². The fourth-order valence-electron chi connectivity index (χ4n) is 2.39. The van der Waals surface area contributed by atoms with Gasteiger partial charge >= 0.3 is 0 Å². The molecule has 0 saturated carbocycles. The van der Waals surface area contributed by atoms with Crippen molar-refractivity contribution in [2.45, 2.75) is 18.9 Å². The Morgan fingerprint density at radius 2 is 2.19 bits per heavy atom. The first-order valence-corrected chi connectivity index (χ1v) is 7.41. The zero-order valence-electron chi connectivity index (χ0n) is 12.8. The second-order valence-corrected chi connectivity index (χ2v) is 5.27. The van der Waals surface area contributed by atoms with Crippen LogP contribution in [0.3, 0.4) is 0 Å². The number of amides is 1. The minimum absolute atomic E-state index is 0.0666. The lowest BCUT2D eigenvalue weighted by molar-refractivity contribution is -0.143. The molecule has 1 atom stereocenters. The van der Waals surface area contributed by atoms with Crippen molar-refractivity contribution in [2.75, 3.05) is 40.4 Å². The molecule has 0 bridgehead atoms. The van der Waals surface area contributed by atoms with Gasteiger partial charge < -0.3 is 19.7 Å². The number of hydrogen-bond donors (Lipinski definition) is 1. The van der Waals surface area contributed by atoms with Crippen molar-refractivity contribution in [2.24, 2.45) is 0 Å². The number of carbonyl (C=O) groups is 1. The summed E-state index contributed by atoms with van der Waals surface area (Å²) in [5, 5.41) is 3.18. The first-order valence-electron chi connectivity index (χ1n) is 7.41. The SMILES string of the molecule is COc1ccc(CCCN(C)C(=O)C2CNCCO2)cc1. The van der Waals surface area contributed by atoms with Crippen LogP contribution in [0.1, 0.15) is 12.0 Å². The van der Waals surface area contributed by atoms with E-state index in [4.69, 9.17) is 9.47 Å². The Kier molecular flexibility index (Phi) is 6.02. The lowest BCUT2D eigenvalue weighted by Crippen LogP contribution is -2.48. The monoisotopic (exact) mass is 292 g/mol. The second-order valence-electron chi connectivity index (χ2n) is 5.27. The Morgan fingerprint density at radius 1 is 1.43 bits per heavy atom. The second kappa shape index (κ2) is 8.00. The molecule has 0 aromatic heterocycles. The number of morpholine rings is 1. The van der Waals surface area contributed by atoms with Crippen LogP contribution in [0, 0.1) is 0 Å². The third kappa shape index (κ3) is 4.72. The lowest BCUT2D eigenvalue weighted by Gasteiger charge is -2.27. The molecule has 1 N–H and O–H groups in total. The summed E-state index contributed by atoms with van der Waals surface area (Å²) in [6.07, 6.45) is 1.56. The molecule has 5 heteroatoms. The van der Waals surface area contributed by atoms with Crippen molar-refractivity contribution in [1.82, 2.24) is 10.2 Å². The standard InChI is InChI=1S/C16H24N2O3/c1-18(16(19)15-12-17-9-11-21-15)10-3-4-13-5-7-14(20-2)8-6-13/h5-8,15,17H,3-4,9-12H2,1-2H3. The van der Waals surface area contributed by atoms with E-state index in [1.807, 2.05) is 19.2 Å². The summed E-state index contributed by atoms with van der Waals surface area (Å²) in [7, 11) is 3.51. The van der Waals surface area contributed by atoms with E-state index >= 15 is 0 Å². The molecular formula is C16H24N2O3. The molecule has 1 aromatic carbocycles. The number of aryl methyl sites for hydroxylation is 1. The highest BCUT2D eigenvalue weighted by Crippen LogP contribution is 2.13. The van der Waals surface area contributed by atoms with Gasteiger partial charge in [0.15, 0.2) is 0 Å². The van der Waals surface area contributed by atoms with Gasteiger partial charge in [0.2, 0.25) is 0 Å². The van der Waals surface area contributed by atoms with E-state index in [0.717, 1.165) is 31.7 Å². The highest BCUT2D eigenvalue weighted by Gasteiger charge is 2.24. The third-order valence-corrected chi connectivity index (χ3v) is 3.70. The zero-order valence-corrected chi connectivity index (χ0v) is 12.8. The first kappa shape index (κ1) is 15.8. The van der Waals surface area contributed by atoms with Gasteiger partial charge in [-0.15, -0.1) is 0 Å². The summed E-state index contributed by atoms with van der Waals surface area (Å²) >= 11 is 0. The van der Waals surface area contributed by atoms with Gasteiger partial charge in [-0.1, -0.05) is 12.1 Å². The maximum absolute atomic E-state index is 12.2. The Balaban J connectivity index is 1.72. The van der Waals surface area contributed by atoms with Crippen LogP contribution in [0.2, 0.25) is 0 Å². The summed E-state index contributed by atoms with van der Waals surface area (Å²) in [6, 6.07) is 8.06. The molecule has 0 radical (unpaired) electrons. The predicted octanol–water partition coefficient (Wildman–Crippen LogP) is 1.07. The highest BCUT2D eigenvalue weighted by atomic mass is 16.5. The molecule has 1 aromatic rings. The number of nitrogens with one attached hydrogen (secondary N) is 1. The predicted molar refractivity (Wildman–Crippen MR) is 81.6 cm³/mol. The van der Waals surface area contributed by atoms with Gasteiger partial charge in [0.1, 0.15) is 11.9 Å². The average Bonchev–Trinajstić information content (AvgIpc) is 2.55. The molecule has 1 heterocycles. The minimum atomic E-state index is -0.329. The van der Waals surface area contributed by atoms with Crippen molar-refractivity contribution in [1.29, 1.82) is 0 Å². The summed E-state index contributed by atoms with van der Waals surface area (Å²) in [6.45, 7) is 2.79. The van der Waals surface area contributed by atoms with Gasteiger partial charge in [0, 0.05) is 26.7 Å². The van der Waals surface area contributed by atoms with E-state index in [2.05, 4.69) is 17.4 Å². The van der Waals surface area contributed by atoms with Crippen LogP contribution in [0.25, 0.3) is 0 Å². The summed E-state index contributed by atoms with van der Waals surface area (Å²) in [5.74, 6) is 0.935. The van der Waals surface area contributed by atoms with Crippen molar-refractivity contribution in [3.8, 4) is 5.75 Å². The highest BCUT2D eigenvalue weighted by molar-refractivity contribution is 5.81. The fourth-order valence-corrected chi connectivity index (χ4v) is 2.39. The van der Waals surface area contributed by atoms with Gasteiger partial charge in [0.05, 0.1) is 13.7 Å². The molecule has 1 fully saturated rings. The molecule has 2 rings (SSSR count).